The van der Waals surface area contributed by atoms with E-state index in [0.717, 1.165) is 13.0 Å². The van der Waals surface area contributed by atoms with Crippen LogP contribution in [0.1, 0.15) is 46.0 Å². The predicted octanol–water partition coefficient (Wildman–Crippen LogP) is 3.37. The molecule has 1 spiro atoms. The van der Waals surface area contributed by atoms with Crippen molar-refractivity contribution in [2.75, 3.05) is 13.2 Å². The number of alkyl halides is 1. The van der Waals surface area contributed by atoms with E-state index < -0.39 is 0 Å². The zero-order valence-electron chi connectivity index (χ0n) is 10.4. The number of halogens is 1. The highest BCUT2D eigenvalue weighted by Crippen LogP contribution is 2.57. The van der Waals surface area contributed by atoms with Gasteiger partial charge in [-0.1, -0.05) is 12.8 Å². The van der Waals surface area contributed by atoms with E-state index in [0.29, 0.717) is 23.5 Å². The average molecular weight is 247 g/mol. The van der Waals surface area contributed by atoms with Gasteiger partial charge in [0.25, 0.3) is 0 Å². The molecule has 0 aromatic rings. The zero-order valence-corrected chi connectivity index (χ0v) is 11.1. The normalized spacial score (nSPS) is 33.9. The van der Waals surface area contributed by atoms with Gasteiger partial charge in [-0.15, -0.1) is 11.6 Å². The van der Waals surface area contributed by atoms with Gasteiger partial charge in [0.2, 0.25) is 0 Å². The lowest BCUT2D eigenvalue weighted by Crippen LogP contribution is -2.55. The fraction of sp³-hybridized carbons (Fsp3) is 1.00. The van der Waals surface area contributed by atoms with Gasteiger partial charge >= 0.3 is 0 Å². The molecular weight excluding hydrogens is 224 g/mol. The van der Waals surface area contributed by atoms with Crippen LogP contribution in [0.5, 0.6) is 0 Å². The Hall–Kier alpha value is 0.210. The monoisotopic (exact) mass is 246 g/mol. The first-order chi connectivity index (χ1) is 7.69. The molecule has 0 amide bonds. The summed E-state index contributed by atoms with van der Waals surface area (Å²) in [6.45, 7) is 5.58. The van der Waals surface area contributed by atoms with Crippen LogP contribution in [0.2, 0.25) is 0 Å². The van der Waals surface area contributed by atoms with Crippen molar-refractivity contribution in [2.24, 2.45) is 5.41 Å². The summed E-state index contributed by atoms with van der Waals surface area (Å²) in [5.41, 5.74) is 0.308. The minimum Gasteiger partial charge on any atom is -0.379 e. The Balaban J connectivity index is 1.82. The summed E-state index contributed by atoms with van der Waals surface area (Å²) in [6.07, 6.45) is 6.77. The highest BCUT2D eigenvalue weighted by molar-refractivity contribution is 6.21. The molecule has 2 rings (SSSR count). The van der Waals surface area contributed by atoms with Gasteiger partial charge < -0.3 is 9.47 Å². The van der Waals surface area contributed by atoms with E-state index in [4.69, 9.17) is 21.1 Å². The van der Waals surface area contributed by atoms with E-state index in [1.165, 1.54) is 25.7 Å². The highest BCUT2D eigenvalue weighted by Gasteiger charge is 2.56. The molecule has 3 unspecified atom stereocenters. The van der Waals surface area contributed by atoms with Gasteiger partial charge in [0.1, 0.15) is 0 Å². The van der Waals surface area contributed by atoms with E-state index in [1.807, 2.05) is 6.92 Å². The summed E-state index contributed by atoms with van der Waals surface area (Å²) < 4.78 is 11.5. The van der Waals surface area contributed by atoms with Crippen LogP contribution in [0.15, 0.2) is 0 Å². The third-order valence-electron chi connectivity index (χ3n) is 4.17. The summed E-state index contributed by atoms with van der Waals surface area (Å²) in [5.74, 6) is 0. The number of hydrogen-bond acceptors (Lipinski definition) is 2. The van der Waals surface area contributed by atoms with Gasteiger partial charge in [-0.05, 0) is 33.1 Å². The molecule has 3 atom stereocenters. The van der Waals surface area contributed by atoms with Crippen molar-refractivity contribution in [3.05, 3.63) is 0 Å². The molecule has 0 aliphatic heterocycles. The first-order valence-corrected chi connectivity index (χ1v) is 7.00. The minimum absolute atomic E-state index is 0.201. The van der Waals surface area contributed by atoms with Gasteiger partial charge in [0.15, 0.2) is 0 Å². The fourth-order valence-electron chi connectivity index (χ4n) is 3.16. The summed E-state index contributed by atoms with van der Waals surface area (Å²) in [5, 5.41) is 0.347. The van der Waals surface area contributed by atoms with Gasteiger partial charge in [0, 0.05) is 17.4 Å². The lowest BCUT2D eigenvalue weighted by Gasteiger charge is -2.52. The summed E-state index contributed by atoms with van der Waals surface area (Å²) in [4.78, 5) is 0. The second kappa shape index (κ2) is 5.24. The van der Waals surface area contributed by atoms with E-state index in [-0.39, 0.29) is 6.10 Å². The SMILES string of the molecule is CCOCC(C)OC1CC(Cl)C12CCCC2. The van der Waals surface area contributed by atoms with Crippen molar-refractivity contribution in [1.29, 1.82) is 0 Å². The molecule has 0 radical (unpaired) electrons. The van der Waals surface area contributed by atoms with Crippen LogP contribution in [0, 0.1) is 5.41 Å². The molecule has 2 saturated carbocycles. The Morgan fingerprint density at radius 3 is 2.62 bits per heavy atom. The van der Waals surface area contributed by atoms with E-state index in [9.17, 15) is 0 Å². The zero-order chi connectivity index (χ0) is 11.6. The van der Waals surface area contributed by atoms with Crippen molar-refractivity contribution in [1.82, 2.24) is 0 Å². The van der Waals surface area contributed by atoms with E-state index >= 15 is 0 Å². The van der Waals surface area contributed by atoms with Crippen LogP contribution >= 0.6 is 11.6 Å². The molecule has 0 saturated heterocycles. The molecule has 94 valence electrons. The van der Waals surface area contributed by atoms with Crippen molar-refractivity contribution < 1.29 is 9.47 Å². The molecule has 0 aromatic heterocycles. The number of ether oxygens (including phenoxy) is 2. The van der Waals surface area contributed by atoms with Crippen molar-refractivity contribution in [3.8, 4) is 0 Å². The minimum atomic E-state index is 0.201. The molecule has 2 aliphatic rings. The first-order valence-electron chi connectivity index (χ1n) is 6.56. The lowest BCUT2D eigenvalue weighted by atomic mass is 9.64. The molecule has 16 heavy (non-hydrogen) atoms. The highest BCUT2D eigenvalue weighted by atomic mass is 35.5. The Labute approximate surface area is 104 Å². The van der Waals surface area contributed by atoms with Crippen LogP contribution in [0.3, 0.4) is 0 Å². The van der Waals surface area contributed by atoms with Gasteiger partial charge in [-0.25, -0.2) is 0 Å². The third-order valence-corrected chi connectivity index (χ3v) is 4.79. The average Bonchev–Trinajstić information content (AvgIpc) is 2.78. The predicted molar refractivity (Wildman–Crippen MR) is 66.0 cm³/mol. The van der Waals surface area contributed by atoms with Crippen LogP contribution in [0.25, 0.3) is 0 Å². The molecule has 2 nitrogen and oxygen atoms in total. The second-order valence-corrected chi connectivity index (χ2v) is 5.77. The molecule has 2 aliphatic carbocycles. The summed E-state index contributed by atoms with van der Waals surface area (Å²) >= 11 is 6.38. The van der Waals surface area contributed by atoms with Crippen LogP contribution in [0.4, 0.5) is 0 Å². The maximum atomic E-state index is 6.38. The van der Waals surface area contributed by atoms with E-state index in [2.05, 4.69) is 6.92 Å². The van der Waals surface area contributed by atoms with Gasteiger partial charge in [-0.2, -0.15) is 0 Å². The van der Waals surface area contributed by atoms with Crippen molar-refractivity contribution >= 4 is 11.6 Å². The fourth-order valence-corrected chi connectivity index (χ4v) is 3.68. The van der Waals surface area contributed by atoms with Crippen LogP contribution in [-0.4, -0.2) is 30.8 Å². The summed E-state index contributed by atoms with van der Waals surface area (Å²) in [7, 11) is 0. The third kappa shape index (κ3) is 2.25. The molecular formula is C13H23ClO2. The lowest BCUT2D eigenvalue weighted by molar-refractivity contribution is -0.146. The smallest absolute Gasteiger partial charge is 0.0784 e. The maximum Gasteiger partial charge on any atom is 0.0784 e. The van der Waals surface area contributed by atoms with Crippen molar-refractivity contribution in [3.63, 3.8) is 0 Å². The topological polar surface area (TPSA) is 18.5 Å². The standard InChI is InChI=1S/C13H23ClO2/c1-3-15-9-10(2)16-12-8-11(14)13(12)6-4-5-7-13/h10-12H,3-9H2,1-2H3. The first kappa shape index (κ1) is 12.7. The molecule has 0 aromatic carbocycles. The Morgan fingerprint density at radius 1 is 1.38 bits per heavy atom. The number of rotatable bonds is 5. The maximum absolute atomic E-state index is 6.38. The molecule has 0 N–H and O–H groups in total. The Morgan fingerprint density at radius 2 is 2.06 bits per heavy atom. The molecule has 2 fully saturated rings. The van der Waals surface area contributed by atoms with Crippen molar-refractivity contribution in [2.45, 2.75) is 63.5 Å². The largest absolute Gasteiger partial charge is 0.379 e. The van der Waals surface area contributed by atoms with Gasteiger partial charge in [-0.3, -0.25) is 0 Å². The summed E-state index contributed by atoms with van der Waals surface area (Å²) in [6, 6.07) is 0. The Kier molecular flexibility index (Phi) is 4.15. The Bertz CT molecular complexity index is 226. The van der Waals surface area contributed by atoms with E-state index in [1.54, 1.807) is 0 Å². The van der Waals surface area contributed by atoms with Crippen LogP contribution in [-0.2, 0) is 9.47 Å². The quantitative estimate of drug-likeness (QED) is 0.693. The second-order valence-electron chi connectivity index (χ2n) is 5.24. The molecule has 0 bridgehead atoms. The molecule has 3 heteroatoms. The van der Waals surface area contributed by atoms with Crippen LogP contribution < -0.4 is 0 Å². The molecule has 0 heterocycles. The van der Waals surface area contributed by atoms with Gasteiger partial charge in [0.05, 0.1) is 18.8 Å². The number of hydrogen-bond donors (Lipinski definition) is 0.